The van der Waals surface area contributed by atoms with E-state index in [1.807, 2.05) is 23.1 Å². The molecule has 0 saturated carbocycles. The van der Waals surface area contributed by atoms with Crippen molar-refractivity contribution in [1.82, 2.24) is 4.31 Å². The average Bonchev–Trinajstić information content (AvgIpc) is 2.78. The largest absolute Gasteiger partial charge is 0.311 e. The summed E-state index contributed by atoms with van der Waals surface area (Å²) in [7, 11) is -3.18. The Hall–Kier alpha value is -1.11. The highest BCUT2D eigenvalue weighted by molar-refractivity contribution is 7.88. The third-order valence-electron chi connectivity index (χ3n) is 5.05. The highest BCUT2D eigenvalue weighted by Gasteiger charge is 2.42. The molecule has 0 bridgehead atoms. The zero-order valence-corrected chi connectivity index (χ0v) is 15.8. The molecule has 0 N–H and O–H groups in total. The SMILES string of the molecule is CC1(C)CN(C(=O)C2CCN(S(C)(=O)=O)CC2)c2cccc(Cl)c21. The number of rotatable bonds is 2. The van der Waals surface area contributed by atoms with Gasteiger partial charge in [0.25, 0.3) is 0 Å². The molecule has 0 spiro atoms. The Balaban J connectivity index is 1.80. The third-order valence-corrected chi connectivity index (χ3v) is 6.67. The van der Waals surface area contributed by atoms with E-state index in [1.165, 1.54) is 10.6 Å². The number of carbonyl (C=O) groups is 1. The van der Waals surface area contributed by atoms with Crippen LogP contribution in [0.3, 0.4) is 0 Å². The number of halogens is 1. The Bertz CT molecular complexity index is 768. The Kier molecular flexibility index (Phi) is 4.43. The molecule has 24 heavy (non-hydrogen) atoms. The Morgan fingerprint density at radius 1 is 1.25 bits per heavy atom. The molecule has 0 radical (unpaired) electrons. The molecule has 2 heterocycles. The van der Waals surface area contributed by atoms with Crippen LogP contribution in [-0.2, 0) is 20.2 Å². The summed E-state index contributed by atoms with van der Waals surface area (Å²) in [5.74, 6) is -0.0547. The van der Waals surface area contributed by atoms with Crippen molar-refractivity contribution >= 4 is 33.2 Å². The fourth-order valence-electron chi connectivity index (χ4n) is 3.82. The maximum Gasteiger partial charge on any atom is 0.230 e. The van der Waals surface area contributed by atoms with Crippen LogP contribution in [-0.4, -0.2) is 44.5 Å². The van der Waals surface area contributed by atoms with Crippen molar-refractivity contribution < 1.29 is 13.2 Å². The molecule has 5 nitrogen and oxygen atoms in total. The van der Waals surface area contributed by atoms with Crippen LogP contribution in [0.4, 0.5) is 5.69 Å². The molecule has 0 unspecified atom stereocenters. The predicted molar refractivity (Wildman–Crippen MR) is 96.0 cm³/mol. The average molecular weight is 371 g/mol. The monoisotopic (exact) mass is 370 g/mol. The van der Waals surface area contributed by atoms with Crippen molar-refractivity contribution in [1.29, 1.82) is 0 Å². The first-order valence-electron chi connectivity index (χ1n) is 8.17. The molecule has 2 aliphatic heterocycles. The zero-order valence-electron chi connectivity index (χ0n) is 14.3. The van der Waals surface area contributed by atoms with Gasteiger partial charge in [-0.25, -0.2) is 12.7 Å². The number of hydrogen-bond acceptors (Lipinski definition) is 3. The normalized spacial score (nSPS) is 21.8. The number of sulfonamides is 1. The molecule has 1 fully saturated rings. The minimum absolute atomic E-state index is 0.0808. The lowest BCUT2D eigenvalue weighted by atomic mass is 9.87. The van der Waals surface area contributed by atoms with Crippen molar-refractivity contribution in [3.8, 4) is 0 Å². The lowest BCUT2D eigenvalue weighted by Crippen LogP contribution is -2.44. The number of benzene rings is 1. The molecule has 132 valence electrons. The van der Waals surface area contributed by atoms with Crippen LogP contribution in [0.15, 0.2) is 18.2 Å². The molecule has 1 amide bonds. The van der Waals surface area contributed by atoms with Gasteiger partial charge >= 0.3 is 0 Å². The molecule has 1 aromatic carbocycles. The molecule has 1 aromatic rings. The van der Waals surface area contributed by atoms with Crippen molar-refractivity contribution in [2.75, 3.05) is 30.8 Å². The van der Waals surface area contributed by atoms with E-state index < -0.39 is 10.0 Å². The van der Waals surface area contributed by atoms with Crippen LogP contribution >= 0.6 is 11.6 Å². The van der Waals surface area contributed by atoms with Gasteiger partial charge in [-0.2, -0.15) is 0 Å². The Morgan fingerprint density at radius 2 is 1.88 bits per heavy atom. The molecule has 1 saturated heterocycles. The fraction of sp³-hybridized carbons (Fsp3) is 0.588. The summed E-state index contributed by atoms with van der Waals surface area (Å²) in [4.78, 5) is 14.9. The third kappa shape index (κ3) is 3.07. The predicted octanol–water partition coefficient (Wildman–Crippen LogP) is 2.64. The summed E-state index contributed by atoms with van der Waals surface area (Å²) in [5, 5.41) is 0.694. The van der Waals surface area contributed by atoms with E-state index in [0.29, 0.717) is 37.5 Å². The van der Waals surface area contributed by atoms with Crippen molar-refractivity contribution in [3.63, 3.8) is 0 Å². The highest BCUT2D eigenvalue weighted by atomic mass is 35.5. The van der Waals surface area contributed by atoms with Gasteiger partial charge in [0.1, 0.15) is 0 Å². The molecule has 3 rings (SSSR count). The van der Waals surface area contributed by atoms with Gasteiger partial charge in [0.05, 0.1) is 6.26 Å². The van der Waals surface area contributed by atoms with Crippen LogP contribution in [0.25, 0.3) is 0 Å². The second-order valence-electron chi connectivity index (χ2n) is 7.38. The van der Waals surface area contributed by atoms with Gasteiger partial charge in [-0.15, -0.1) is 0 Å². The molecule has 0 aromatic heterocycles. The minimum atomic E-state index is -3.18. The number of hydrogen-bond donors (Lipinski definition) is 0. The maximum absolute atomic E-state index is 13.0. The van der Waals surface area contributed by atoms with E-state index in [9.17, 15) is 13.2 Å². The number of nitrogens with zero attached hydrogens (tertiary/aromatic N) is 2. The molecule has 2 aliphatic rings. The highest BCUT2D eigenvalue weighted by Crippen LogP contribution is 2.45. The summed E-state index contributed by atoms with van der Waals surface area (Å²) in [6, 6.07) is 5.68. The topological polar surface area (TPSA) is 57.7 Å². The molecule has 0 atom stereocenters. The Labute approximate surface area is 148 Å². The van der Waals surface area contributed by atoms with E-state index in [-0.39, 0.29) is 17.2 Å². The second kappa shape index (κ2) is 6.00. The Morgan fingerprint density at radius 3 is 2.46 bits per heavy atom. The van der Waals surface area contributed by atoms with Crippen molar-refractivity contribution in [2.24, 2.45) is 5.92 Å². The van der Waals surface area contributed by atoms with Gasteiger partial charge < -0.3 is 4.90 Å². The first kappa shape index (κ1) is 17.7. The molecule has 0 aliphatic carbocycles. The van der Waals surface area contributed by atoms with Crippen LogP contribution in [0.5, 0.6) is 0 Å². The van der Waals surface area contributed by atoms with E-state index in [2.05, 4.69) is 13.8 Å². The standard InChI is InChI=1S/C17H23ClN2O3S/c1-17(2)11-20(14-6-4-5-13(18)15(14)17)16(21)12-7-9-19(10-8-12)24(3,22)23/h4-6,12H,7-11H2,1-3H3. The molecular weight excluding hydrogens is 348 g/mol. The summed E-state index contributed by atoms with van der Waals surface area (Å²) >= 11 is 6.37. The van der Waals surface area contributed by atoms with Gasteiger partial charge in [0.2, 0.25) is 15.9 Å². The number of fused-ring (bicyclic) bond motifs is 1. The summed E-state index contributed by atoms with van der Waals surface area (Å²) in [5.41, 5.74) is 1.73. The van der Waals surface area contributed by atoms with Gasteiger partial charge in [-0.05, 0) is 25.0 Å². The van der Waals surface area contributed by atoms with Crippen LogP contribution in [0.2, 0.25) is 5.02 Å². The van der Waals surface area contributed by atoms with E-state index in [4.69, 9.17) is 11.6 Å². The first-order chi connectivity index (χ1) is 11.1. The van der Waals surface area contributed by atoms with E-state index in [1.54, 1.807) is 0 Å². The lowest BCUT2D eigenvalue weighted by Gasteiger charge is -2.32. The van der Waals surface area contributed by atoms with Gasteiger partial charge in [0, 0.05) is 47.2 Å². The van der Waals surface area contributed by atoms with Crippen molar-refractivity contribution in [2.45, 2.75) is 32.1 Å². The molecule has 7 heteroatoms. The zero-order chi connectivity index (χ0) is 17.7. The second-order valence-corrected chi connectivity index (χ2v) is 9.77. The van der Waals surface area contributed by atoms with Gasteiger partial charge in [-0.3, -0.25) is 4.79 Å². The smallest absolute Gasteiger partial charge is 0.230 e. The van der Waals surface area contributed by atoms with Crippen LogP contribution in [0.1, 0.15) is 32.3 Å². The van der Waals surface area contributed by atoms with Crippen LogP contribution < -0.4 is 4.90 Å². The number of piperidine rings is 1. The maximum atomic E-state index is 13.0. The summed E-state index contributed by atoms with van der Waals surface area (Å²) < 4.78 is 24.7. The van der Waals surface area contributed by atoms with E-state index in [0.717, 1.165) is 11.3 Å². The summed E-state index contributed by atoms with van der Waals surface area (Å²) in [6.45, 7) is 5.62. The van der Waals surface area contributed by atoms with Gasteiger partial charge in [-0.1, -0.05) is 31.5 Å². The number of anilines is 1. The number of amides is 1. The number of carbonyl (C=O) groups excluding carboxylic acids is 1. The summed E-state index contributed by atoms with van der Waals surface area (Å²) in [6.07, 6.45) is 2.36. The first-order valence-corrected chi connectivity index (χ1v) is 10.4. The van der Waals surface area contributed by atoms with Crippen LogP contribution in [0, 0.1) is 5.92 Å². The fourth-order valence-corrected chi connectivity index (χ4v) is 5.12. The quantitative estimate of drug-likeness (QED) is 0.804. The lowest BCUT2D eigenvalue weighted by molar-refractivity contribution is -0.123. The van der Waals surface area contributed by atoms with Gasteiger partial charge in [0.15, 0.2) is 0 Å². The molecular formula is C17H23ClN2O3S. The van der Waals surface area contributed by atoms with E-state index >= 15 is 0 Å². The minimum Gasteiger partial charge on any atom is -0.311 e. The van der Waals surface area contributed by atoms with Crippen molar-refractivity contribution in [3.05, 3.63) is 28.8 Å².